The van der Waals surface area contributed by atoms with Gasteiger partial charge in [-0.3, -0.25) is 4.99 Å². The van der Waals surface area contributed by atoms with Crippen molar-refractivity contribution in [2.24, 2.45) is 10.7 Å². The maximum Gasteiger partial charge on any atom is 0.191 e. The zero-order valence-electron chi connectivity index (χ0n) is 15.6. The molecule has 0 spiro atoms. The fraction of sp³-hybridized carbons (Fsp3) is 0.421. The Kier molecular flexibility index (Phi) is 8.04. The molecule has 28 heavy (non-hydrogen) atoms. The molecule has 150 valence electrons. The van der Waals surface area contributed by atoms with Crippen LogP contribution in [0.1, 0.15) is 36.9 Å². The number of aromatic nitrogens is 2. The van der Waals surface area contributed by atoms with Crippen LogP contribution in [-0.2, 0) is 6.42 Å². The normalized spacial score (nSPS) is 14.4. The molecule has 9 heteroatoms. The van der Waals surface area contributed by atoms with Gasteiger partial charge in [0, 0.05) is 19.6 Å². The summed E-state index contributed by atoms with van der Waals surface area (Å²) < 4.78 is 14.6. The second kappa shape index (κ2) is 10.3. The third-order valence-electron chi connectivity index (χ3n) is 4.70. The van der Waals surface area contributed by atoms with Crippen LogP contribution in [-0.4, -0.2) is 40.3 Å². The van der Waals surface area contributed by atoms with Crippen molar-refractivity contribution in [3.8, 4) is 11.8 Å². The van der Waals surface area contributed by atoms with Gasteiger partial charge in [0.1, 0.15) is 23.3 Å². The summed E-state index contributed by atoms with van der Waals surface area (Å²) in [4.78, 5) is 6.56. The molecule has 1 saturated heterocycles. The largest absolute Gasteiger partial charge is 0.382 e. The number of benzene rings is 1. The van der Waals surface area contributed by atoms with Crippen LogP contribution in [0.2, 0.25) is 0 Å². The number of rotatable bonds is 5. The van der Waals surface area contributed by atoms with Crippen molar-refractivity contribution < 1.29 is 4.39 Å². The predicted molar refractivity (Wildman–Crippen MR) is 118 cm³/mol. The number of likely N-dealkylation sites (tertiary alicyclic amines) is 1. The van der Waals surface area contributed by atoms with Crippen LogP contribution in [0.5, 0.6) is 0 Å². The van der Waals surface area contributed by atoms with Gasteiger partial charge < -0.3 is 16.4 Å². The van der Waals surface area contributed by atoms with Crippen molar-refractivity contribution in [2.75, 3.05) is 25.4 Å². The summed E-state index contributed by atoms with van der Waals surface area (Å²) in [5.74, 6) is 0.511. The number of guanidine groups is 1. The first-order valence-corrected chi connectivity index (χ1v) is 9.18. The lowest BCUT2D eigenvalue weighted by Gasteiger charge is -2.27. The molecular formula is C19H25FIN7. The number of piperidine rings is 1. The molecular weight excluding hydrogens is 472 g/mol. The molecule has 0 atom stereocenters. The first-order chi connectivity index (χ1) is 13.1. The van der Waals surface area contributed by atoms with Crippen molar-refractivity contribution >= 4 is 35.8 Å². The van der Waals surface area contributed by atoms with Crippen LogP contribution in [0.25, 0.3) is 5.69 Å². The van der Waals surface area contributed by atoms with Crippen molar-refractivity contribution in [1.82, 2.24) is 14.7 Å². The number of nitrogens with zero attached hydrogens (tertiary/aromatic N) is 5. The molecule has 0 radical (unpaired) electrons. The summed E-state index contributed by atoms with van der Waals surface area (Å²) in [6.07, 6.45) is 4.84. The van der Waals surface area contributed by atoms with Crippen molar-refractivity contribution in [3.05, 3.63) is 41.3 Å². The van der Waals surface area contributed by atoms with Crippen LogP contribution in [0.3, 0.4) is 0 Å². The number of hydrogen-bond donors (Lipinski definition) is 2. The molecule has 0 amide bonds. The number of nitriles is 1. The Morgan fingerprint density at radius 3 is 2.54 bits per heavy atom. The van der Waals surface area contributed by atoms with E-state index in [4.69, 9.17) is 11.5 Å². The zero-order valence-corrected chi connectivity index (χ0v) is 18.0. The fourth-order valence-corrected chi connectivity index (χ4v) is 3.22. The van der Waals surface area contributed by atoms with Gasteiger partial charge in [-0.15, -0.1) is 24.0 Å². The van der Waals surface area contributed by atoms with Gasteiger partial charge >= 0.3 is 0 Å². The minimum Gasteiger partial charge on any atom is -0.382 e. The summed E-state index contributed by atoms with van der Waals surface area (Å²) in [7, 11) is 0. The molecule has 1 fully saturated rings. The van der Waals surface area contributed by atoms with E-state index in [9.17, 15) is 9.65 Å². The van der Waals surface area contributed by atoms with Crippen LogP contribution >= 0.6 is 24.0 Å². The van der Waals surface area contributed by atoms with Gasteiger partial charge in [-0.05, 0) is 56.4 Å². The molecule has 0 unspecified atom stereocenters. The van der Waals surface area contributed by atoms with Crippen LogP contribution < -0.4 is 11.5 Å². The van der Waals surface area contributed by atoms with Gasteiger partial charge in [0.25, 0.3) is 0 Å². The minimum atomic E-state index is -0.339. The van der Waals surface area contributed by atoms with E-state index in [1.165, 1.54) is 23.2 Å². The molecule has 0 bridgehead atoms. The van der Waals surface area contributed by atoms with Crippen LogP contribution in [0.15, 0.2) is 29.3 Å². The number of halogens is 2. The SMILES string of the molecule is I.N#Cc1c(CCCN=C(N)N2CCCCC2)nn(-c2ccc(F)cc2)c1N. The monoisotopic (exact) mass is 497 g/mol. The van der Waals surface area contributed by atoms with E-state index in [0.29, 0.717) is 42.3 Å². The quantitative estimate of drug-likeness (QED) is 0.286. The maximum absolute atomic E-state index is 13.1. The smallest absolute Gasteiger partial charge is 0.191 e. The van der Waals surface area contributed by atoms with E-state index in [-0.39, 0.29) is 35.6 Å². The molecule has 4 N–H and O–H groups in total. The Morgan fingerprint density at radius 1 is 1.21 bits per heavy atom. The number of aryl methyl sites for hydroxylation is 1. The Balaban J connectivity index is 0.00000280. The van der Waals surface area contributed by atoms with E-state index in [1.807, 2.05) is 0 Å². The lowest BCUT2D eigenvalue weighted by Crippen LogP contribution is -2.40. The fourth-order valence-electron chi connectivity index (χ4n) is 3.22. The first kappa shape index (κ1) is 21.9. The third kappa shape index (κ3) is 5.13. The van der Waals surface area contributed by atoms with E-state index in [1.54, 1.807) is 12.1 Å². The van der Waals surface area contributed by atoms with E-state index < -0.39 is 0 Å². The Labute approximate surface area is 181 Å². The summed E-state index contributed by atoms with van der Waals surface area (Å²) in [6, 6.07) is 7.94. The van der Waals surface area contributed by atoms with Crippen molar-refractivity contribution in [1.29, 1.82) is 5.26 Å². The molecule has 1 aromatic carbocycles. The first-order valence-electron chi connectivity index (χ1n) is 9.18. The lowest BCUT2D eigenvalue weighted by atomic mass is 10.1. The minimum absolute atomic E-state index is 0. The second-order valence-electron chi connectivity index (χ2n) is 6.60. The molecule has 0 saturated carbocycles. The Bertz CT molecular complexity index is 848. The second-order valence-corrected chi connectivity index (χ2v) is 6.60. The summed E-state index contributed by atoms with van der Waals surface area (Å²) in [6.45, 7) is 2.50. The van der Waals surface area contributed by atoms with Gasteiger partial charge in [0.15, 0.2) is 5.96 Å². The molecule has 3 rings (SSSR count). The van der Waals surface area contributed by atoms with Crippen LogP contribution in [0, 0.1) is 17.1 Å². The highest BCUT2D eigenvalue weighted by Gasteiger charge is 2.16. The summed E-state index contributed by atoms with van der Waals surface area (Å²) in [5, 5.41) is 13.9. The van der Waals surface area contributed by atoms with Crippen LogP contribution in [0.4, 0.5) is 10.2 Å². The summed E-state index contributed by atoms with van der Waals surface area (Å²) in [5.41, 5.74) is 13.7. The molecule has 0 aliphatic carbocycles. The highest BCUT2D eigenvalue weighted by atomic mass is 127. The van der Waals surface area contributed by atoms with E-state index in [2.05, 4.69) is 21.1 Å². The van der Waals surface area contributed by atoms with Gasteiger partial charge in [-0.2, -0.15) is 10.4 Å². The maximum atomic E-state index is 13.1. The topological polar surface area (TPSA) is 109 Å². The molecule has 2 aromatic rings. The van der Waals surface area contributed by atoms with Gasteiger partial charge in [-0.25, -0.2) is 9.07 Å². The van der Waals surface area contributed by atoms with Crippen molar-refractivity contribution in [2.45, 2.75) is 32.1 Å². The molecule has 7 nitrogen and oxygen atoms in total. The number of anilines is 1. The number of aliphatic imine (C=N–C) groups is 1. The zero-order chi connectivity index (χ0) is 19.2. The highest BCUT2D eigenvalue weighted by molar-refractivity contribution is 14.0. The van der Waals surface area contributed by atoms with Gasteiger partial charge in [0.2, 0.25) is 0 Å². The van der Waals surface area contributed by atoms with Crippen molar-refractivity contribution in [3.63, 3.8) is 0 Å². The average Bonchev–Trinajstić information content (AvgIpc) is 3.01. The molecule has 1 aromatic heterocycles. The highest BCUT2D eigenvalue weighted by Crippen LogP contribution is 2.21. The standard InChI is InChI=1S/C19H24FN7.HI/c20-14-6-8-15(9-7-14)27-18(22)16(13-21)17(25-27)5-4-10-24-19(23)26-11-2-1-3-12-26;/h6-9H,1-5,10-12,22H2,(H2,23,24);1H. The number of nitrogens with two attached hydrogens (primary N) is 2. The Hall–Kier alpha value is -2.35. The van der Waals surface area contributed by atoms with Gasteiger partial charge in [-0.1, -0.05) is 0 Å². The van der Waals surface area contributed by atoms with Gasteiger partial charge in [0.05, 0.1) is 11.4 Å². The molecule has 1 aliphatic rings. The average molecular weight is 497 g/mol. The number of nitrogen functional groups attached to an aromatic ring is 1. The summed E-state index contributed by atoms with van der Waals surface area (Å²) >= 11 is 0. The Morgan fingerprint density at radius 2 is 1.89 bits per heavy atom. The third-order valence-corrected chi connectivity index (χ3v) is 4.70. The number of hydrogen-bond acceptors (Lipinski definition) is 4. The molecule has 2 heterocycles. The lowest BCUT2D eigenvalue weighted by molar-refractivity contribution is 0.338. The van der Waals surface area contributed by atoms with E-state index >= 15 is 0 Å². The van der Waals surface area contributed by atoms with E-state index in [0.717, 1.165) is 25.9 Å². The molecule has 1 aliphatic heterocycles. The predicted octanol–water partition coefficient (Wildman–Crippen LogP) is 2.82.